The van der Waals surface area contributed by atoms with Crippen molar-refractivity contribution in [1.82, 2.24) is 19.6 Å². The van der Waals surface area contributed by atoms with E-state index in [1.807, 2.05) is 9.80 Å². The van der Waals surface area contributed by atoms with E-state index >= 15 is 0 Å². The molecule has 0 radical (unpaired) electrons. The highest BCUT2D eigenvalue weighted by atomic mass is 32.2. The number of amides is 3. The van der Waals surface area contributed by atoms with E-state index in [9.17, 15) is 14.4 Å². The lowest BCUT2D eigenvalue weighted by atomic mass is 9.70. The first-order valence-corrected chi connectivity index (χ1v) is 15.4. The molecule has 4 heterocycles. The number of likely N-dealkylation sites (N-methyl/N-ethyl adjacent to an activating group) is 1. The molecule has 1 N–H and O–H groups in total. The second kappa shape index (κ2) is 13.7. The van der Waals surface area contributed by atoms with Crippen LogP contribution in [0.25, 0.3) is 0 Å². The van der Waals surface area contributed by atoms with Crippen LogP contribution in [0.5, 0.6) is 0 Å². The summed E-state index contributed by atoms with van der Waals surface area (Å²) in [7, 11) is 1.77. The molecular formula is C29H46N4O5S. The summed E-state index contributed by atoms with van der Waals surface area (Å²) in [5.74, 6) is -0.953. The Bertz CT molecular complexity index is 912. The third-order valence-electron chi connectivity index (χ3n) is 8.86. The molecule has 0 aromatic rings. The third-order valence-corrected chi connectivity index (χ3v) is 10.8. The van der Waals surface area contributed by atoms with Crippen molar-refractivity contribution in [2.45, 2.75) is 54.6 Å². The van der Waals surface area contributed by atoms with Gasteiger partial charge in [-0.05, 0) is 25.7 Å². The lowest BCUT2D eigenvalue weighted by molar-refractivity contribution is -0.144. The van der Waals surface area contributed by atoms with Crippen LogP contribution in [0, 0.1) is 11.8 Å². The molecule has 0 aromatic carbocycles. The number of likely N-dealkylation sites (tertiary alicyclic amines) is 1. The average molecular weight is 563 g/mol. The zero-order valence-corrected chi connectivity index (χ0v) is 24.3. The number of nitrogens with zero attached hydrogens (tertiary/aromatic N) is 4. The molecule has 4 aliphatic heterocycles. The van der Waals surface area contributed by atoms with Gasteiger partial charge in [-0.25, -0.2) is 0 Å². The highest BCUT2D eigenvalue weighted by Gasteiger charge is 2.73. The summed E-state index contributed by atoms with van der Waals surface area (Å²) in [6.07, 6.45) is 8.37. The Balaban J connectivity index is 1.59. The van der Waals surface area contributed by atoms with Crippen molar-refractivity contribution in [2.24, 2.45) is 11.8 Å². The number of aliphatic hydroxyl groups excluding tert-OH is 1. The highest BCUT2D eigenvalue weighted by molar-refractivity contribution is 8.02. The third kappa shape index (κ3) is 6.09. The summed E-state index contributed by atoms with van der Waals surface area (Å²) in [6, 6.07) is -0.574. The van der Waals surface area contributed by atoms with Gasteiger partial charge in [-0.2, -0.15) is 0 Å². The molecule has 1 spiro atoms. The van der Waals surface area contributed by atoms with Crippen molar-refractivity contribution < 1.29 is 24.2 Å². The van der Waals surface area contributed by atoms with Crippen LogP contribution in [-0.4, -0.2) is 131 Å². The zero-order chi connectivity index (χ0) is 28.0. The normalized spacial score (nSPS) is 29.9. The van der Waals surface area contributed by atoms with Crippen LogP contribution in [0.3, 0.4) is 0 Å². The standard InChI is InChI=1S/C29H46N4O5S/c1-4-12-30(3)26(35)23-22-10-11-29(39-22)24(23)27(36)33(14-8-6-7-9-19-34)25(29)28(37)32(13-5-2)16-15-31-17-20-38-21-18-31/h4-5,22-25,34H,1-2,6-21H2,3H3/t22-,23+,24+,25?,29?/m1/s1. The molecule has 0 aromatic heterocycles. The monoisotopic (exact) mass is 562 g/mol. The van der Waals surface area contributed by atoms with E-state index in [-0.39, 0.29) is 29.6 Å². The van der Waals surface area contributed by atoms with E-state index in [0.717, 1.165) is 58.2 Å². The largest absolute Gasteiger partial charge is 0.396 e. The van der Waals surface area contributed by atoms with Crippen LogP contribution < -0.4 is 0 Å². The minimum atomic E-state index is -0.574. The molecule has 2 unspecified atom stereocenters. The molecule has 39 heavy (non-hydrogen) atoms. The van der Waals surface area contributed by atoms with Gasteiger partial charge < -0.3 is 24.5 Å². The maximum atomic E-state index is 14.4. The summed E-state index contributed by atoms with van der Waals surface area (Å²) in [4.78, 5) is 49.8. The average Bonchev–Trinajstić information content (AvgIpc) is 3.58. The minimum Gasteiger partial charge on any atom is -0.396 e. The lowest BCUT2D eigenvalue weighted by Crippen LogP contribution is -2.56. The molecule has 0 saturated carbocycles. The van der Waals surface area contributed by atoms with E-state index < -0.39 is 22.6 Å². The van der Waals surface area contributed by atoms with Crippen molar-refractivity contribution in [2.75, 3.05) is 72.7 Å². The van der Waals surface area contributed by atoms with Crippen LogP contribution in [0.4, 0.5) is 0 Å². The first kappa shape index (κ1) is 30.1. The number of fused-ring (bicyclic) bond motifs is 1. The first-order chi connectivity index (χ1) is 18.9. The van der Waals surface area contributed by atoms with Gasteiger partial charge in [0.25, 0.3) is 0 Å². The van der Waals surface area contributed by atoms with E-state index in [0.29, 0.717) is 39.4 Å². The number of hydrogen-bond acceptors (Lipinski definition) is 7. The molecule has 10 heteroatoms. The van der Waals surface area contributed by atoms with Crippen molar-refractivity contribution in [1.29, 1.82) is 0 Å². The predicted molar refractivity (Wildman–Crippen MR) is 153 cm³/mol. The number of morpholine rings is 1. The van der Waals surface area contributed by atoms with Crippen LogP contribution in [0.2, 0.25) is 0 Å². The fourth-order valence-corrected chi connectivity index (χ4v) is 9.15. The fourth-order valence-electron chi connectivity index (χ4n) is 6.95. The lowest BCUT2D eigenvalue weighted by Gasteiger charge is -2.38. The number of ether oxygens (including phenoxy) is 1. The Labute approximate surface area is 237 Å². The maximum absolute atomic E-state index is 14.4. The molecule has 4 rings (SSSR count). The van der Waals surface area contributed by atoms with Gasteiger partial charge >= 0.3 is 0 Å². The molecule has 3 amide bonds. The quantitative estimate of drug-likeness (QED) is 0.240. The SMILES string of the molecule is C=CCN(C)C(=O)[C@@H]1[C@H]2C(=O)N(CCCCCCO)C(C(=O)N(CC=C)CCN3CCOCC3)C23CC[C@H]1S3. The van der Waals surface area contributed by atoms with Gasteiger partial charge in [0.2, 0.25) is 17.7 Å². The zero-order valence-electron chi connectivity index (χ0n) is 23.5. The van der Waals surface area contributed by atoms with Crippen molar-refractivity contribution in [3.05, 3.63) is 25.3 Å². The minimum absolute atomic E-state index is 0.0152. The van der Waals surface area contributed by atoms with Crippen LogP contribution in [0.15, 0.2) is 25.3 Å². The number of thioether (sulfide) groups is 1. The smallest absolute Gasteiger partial charge is 0.247 e. The van der Waals surface area contributed by atoms with Crippen LogP contribution in [-0.2, 0) is 19.1 Å². The van der Waals surface area contributed by atoms with Gasteiger partial charge in [0, 0.05) is 64.7 Å². The molecule has 4 fully saturated rings. The maximum Gasteiger partial charge on any atom is 0.247 e. The Kier molecular flexibility index (Phi) is 10.5. The highest BCUT2D eigenvalue weighted by Crippen LogP contribution is 2.66. The van der Waals surface area contributed by atoms with E-state index in [4.69, 9.17) is 9.84 Å². The van der Waals surface area contributed by atoms with Crippen LogP contribution >= 0.6 is 11.8 Å². The molecule has 0 aliphatic carbocycles. The second-order valence-electron chi connectivity index (χ2n) is 11.3. The van der Waals surface area contributed by atoms with Gasteiger partial charge in [-0.15, -0.1) is 24.9 Å². The molecule has 4 aliphatic rings. The fraction of sp³-hybridized carbons (Fsp3) is 0.759. The first-order valence-electron chi connectivity index (χ1n) is 14.5. The molecule has 2 bridgehead atoms. The Morgan fingerprint density at radius 1 is 1.10 bits per heavy atom. The van der Waals surface area contributed by atoms with Crippen molar-refractivity contribution in [3.8, 4) is 0 Å². The van der Waals surface area contributed by atoms with Gasteiger partial charge in [0.1, 0.15) is 6.04 Å². The van der Waals surface area contributed by atoms with Crippen molar-refractivity contribution >= 4 is 29.5 Å². The van der Waals surface area contributed by atoms with E-state index in [1.54, 1.807) is 35.9 Å². The molecule has 218 valence electrons. The van der Waals surface area contributed by atoms with E-state index in [2.05, 4.69) is 18.1 Å². The molecular weight excluding hydrogens is 516 g/mol. The topological polar surface area (TPSA) is 93.6 Å². The molecule has 5 atom stereocenters. The summed E-state index contributed by atoms with van der Waals surface area (Å²) in [5, 5.41) is 9.21. The second-order valence-corrected chi connectivity index (χ2v) is 12.9. The summed E-state index contributed by atoms with van der Waals surface area (Å²) < 4.78 is 4.90. The number of rotatable bonds is 15. The van der Waals surface area contributed by atoms with Crippen LogP contribution in [0.1, 0.15) is 38.5 Å². The Hall–Kier alpha value is -1.88. The van der Waals surface area contributed by atoms with Gasteiger partial charge in [-0.1, -0.05) is 25.0 Å². The summed E-state index contributed by atoms with van der Waals surface area (Å²) in [6.45, 7) is 13.6. The van der Waals surface area contributed by atoms with Gasteiger partial charge in [-0.3, -0.25) is 19.3 Å². The van der Waals surface area contributed by atoms with Gasteiger partial charge in [0.05, 0.1) is 29.8 Å². The molecule has 4 saturated heterocycles. The molecule has 9 nitrogen and oxygen atoms in total. The number of aliphatic hydroxyl groups is 1. The predicted octanol–water partition coefficient (Wildman–Crippen LogP) is 1.62. The number of carbonyl (C=O) groups excluding carboxylic acids is 3. The number of unbranched alkanes of at least 4 members (excludes halogenated alkanes) is 3. The number of carbonyl (C=O) groups is 3. The number of hydrogen-bond donors (Lipinski definition) is 1. The van der Waals surface area contributed by atoms with Crippen molar-refractivity contribution in [3.63, 3.8) is 0 Å². The summed E-state index contributed by atoms with van der Waals surface area (Å²) in [5.41, 5.74) is 0. The van der Waals surface area contributed by atoms with E-state index in [1.165, 1.54) is 0 Å². The Morgan fingerprint density at radius 2 is 1.82 bits per heavy atom. The Morgan fingerprint density at radius 3 is 2.51 bits per heavy atom. The summed E-state index contributed by atoms with van der Waals surface area (Å²) >= 11 is 1.73. The van der Waals surface area contributed by atoms with Gasteiger partial charge in [0.15, 0.2) is 0 Å².